The zero-order valence-corrected chi connectivity index (χ0v) is 15.6. The number of carbonyl (C=O) groups is 3. The van der Waals surface area contributed by atoms with Crippen molar-refractivity contribution in [2.75, 3.05) is 7.11 Å². The molecule has 0 saturated carbocycles. The molecule has 1 aromatic rings. The Morgan fingerprint density at radius 3 is 2.08 bits per heavy atom. The Labute approximate surface area is 152 Å². The van der Waals surface area contributed by atoms with Crippen LogP contribution in [-0.2, 0) is 19.1 Å². The van der Waals surface area contributed by atoms with E-state index in [0.717, 1.165) is 7.11 Å². The van der Waals surface area contributed by atoms with Crippen LogP contribution in [-0.4, -0.2) is 47.8 Å². The van der Waals surface area contributed by atoms with Crippen molar-refractivity contribution >= 4 is 17.8 Å². The van der Waals surface area contributed by atoms with Crippen LogP contribution in [0, 0.1) is 0 Å². The van der Waals surface area contributed by atoms with Gasteiger partial charge in [0, 0.05) is 5.56 Å². The highest BCUT2D eigenvalue weighted by molar-refractivity contribution is 5.97. The van der Waals surface area contributed by atoms with Crippen molar-refractivity contribution in [2.45, 2.75) is 51.5 Å². The van der Waals surface area contributed by atoms with Crippen molar-refractivity contribution in [3.63, 3.8) is 0 Å². The molecule has 0 heterocycles. The van der Waals surface area contributed by atoms with Crippen LogP contribution in [0.25, 0.3) is 0 Å². The van der Waals surface area contributed by atoms with E-state index in [4.69, 9.17) is 10.5 Å². The first kappa shape index (κ1) is 21.6. The molecule has 144 valence electrons. The minimum absolute atomic E-state index is 0.236. The van der Waals surface area contributed by atoms with Gasteiger partial charge in [-0.05, 0) is 45.4 Å². The lowest BCUT2D eigenvalue weighted by Crippen LogP contribution is -2.48. The van der Waals surface area contributed by atoms with Crippen molar-refractivity contribution in [2.24, 2.45) is 5.73 Å². The maximum absolute atomic E-state index is 12.2. The lowest BCUT2D eigenvalue weighted by molar-refractivity contribution is -0.156. The van der Waals surface area contributed by atoms with Crippen LogP contribution in [0.2, 0.25) is 0 Å². The number of nitrogens with two attached hydrogens (primary N) is 1. The van der Waals surface area contributed by atoms with Crippen LogP contribution in [0.15, 0.2) is 24.3 Å². The quantitative estimate of drug-likeness (QED) is 0.632. The van der Waals surface area contributed by atoms with Crippen LogP contribution < -0.4 is 11.1 Å². The monoisotopic (exact) mass is 366 g/mol. The van der Waals surface area contributed by atoms with Gasteiger partial charge in [0.2, 0.25) is 0 Å². The lowest BCUT2D eigenvalue weighted by Gasteiger charge is -2.22. The summed E-state index contributed by atoms with van der Waals surface area (Å²) >= 11 is 0. The standard InChI is InChI=1S/C18H26N2O6/c1-10(21)14(17(24)25-5)20-15(22)12-8-6-11(7-9-12)13(19)16(23)26-18(2,3)4/h6-10,13-14,21H,19H2,1-5H3,(H,20,22). The molecular weight excluding hydrogens is 340 g/mol. The molecule has 0 aliphatic rings. The first-order chi connectivity index (χ1) is 12.0. The molecule has 0 bridgehead atoms. The number of hydrogen-bond donors (Lipinski definition) is 3. The molecule has 0 spiro atoms. The summed E-state index contributed by atoms with van der Waals surface area (Å²) in [4.78, 5) is 35.8. The van der Waals surface area contributed by atoms with Gasteiger partial charge in [-0.15, -0.1) is 0 Å². The topological polar surface area (TPSA) is 128 Å². The molecule has 0 aromatic heterocycles. The molecule has 26 heavy (non-hydrogen) atoms. The third-order valence-corrected chi connectivity index (χ3v) is 3.42. The third kappa shape index (κ3) is 6.12. The summed E-state index contributed by atoms with van der Waals surface area (Å²) < 4.78 is 9.77. The number of benzene rings is 1. The molecule has 0 saturated heterocycles. The minimum Gasteiger partial charge on any atom is -0.467 e. The zero-order chi connectivity index (χ0) is 20.1. The number of rotatable bonds is 6. The highest BCUT2D eigenvalue weighted by Crippen LogP contribution is 2.17. The number of aliphatic hydroxyl groups excluding tert-OH is 1. The van der Waals surface area contributed by atoms with Gasteiger partial charge in [0.25, 0.3) is 5.91 Å². The second-order valence-corrected chi connectivity index (χ2v) is 6.85. The smallest absolute Gasteiger partial charge is 0.331 e. The van der Waals surface area contributed by atoms with Crippen LogP contribution in [0.5, 0.6) is 0 Å². The van der Waals surface area contributed by atoms with Crippen molar-refractivity contribution in [3.8, 4) is 0 Å². The molecule has 0 radical (unpaired) electrons. The summed E-state index contributed by atoms with van der Waals surface area (Å²) in [5.74, 6) is -1.90. The van der Waals surface area contributed by atoms with Gasteiger partial charge in [-0.1, -0.05) is 12.1 Å². The van der Waals surface area contributed by atoms with Gasteiger partial charge >= 0.3 is 11.9 Å². The average Bonchev–Trinajstić information content (AvgIpc) is 2.56. The van der Waals surface area contributed by atoms with Crippen molar-refractivity contribution in [1.29, 1.82) is 0 Å². The van der Waals surface area contributed by atoms with E-state index in [1.807, 2.05) is 0 Å². The number of aliphatic hydroxyl groups is 1. The molecule has 8 heteroatoms. The maximum atomic E-state index is 12.2. The number of esters is 2. The summed E-state index contributed by atoms with van der Waals surface area (Å²) in [6.45, 7) is 6.59. The molecule has 3 unspecified atom stereocenters. The maximum Gasteiger partial charge on any atom is 0.331 e. The third-order valence-electron chi connectivity index (χ3n) is 3.42. The molecule has 1 rings (SSSR count). The number of carbonyl (C=O) groups excluding carboxylic acids is 3. The molecule has 3 atom stereocenters. The molecule has 4 N–H and O–H groups in total. The Morgan fingerprint density at radius 1 is 1.12 bits per heavy atom. The van der Waals surface area contributed by atoms with Crippen LogP contribution in [0.1, 0.15) is 49.7 Å². The Balaban J connectivity index is 2.84. The second-order valence-electron chi connectivity index (χ2n) is 6.85. The molecule has 0 aliphatic heterocycles. The van der Waals surface area contributed by atoms with E-state index >= 15 is 0 Å². The van der Waals surface area contributed by atoms with Gasteiger partial charge in [-0.2, -0.15) is 0 Å². The molecule has 0 fully saturated rings. The fourth-order valence-electron chi connectivity index (χ4n) is 2.07. The first-order valence-electron chi connectivity index (χ1n) is 8.11. The fourth-order valence-corrected chi connectivity index (χ4v) is 2.07. The Bertz CT molecular complexity index is 649. The summed E-state index contributed by atoms with van der Waals surface area (Å²) in [6, 6.07) is 3.82. The summed E-state index contributed by atoms with van der Waals surface area (Å²) in [7, 11) is 1.16. The van der Waals surface area contributed by atoms with E-state index in [2.05, 4.69) is 10.1 Å². The van der Waals surface area contributed by atoms with E-state index in [1.165, 1.54) is 31.2 Å². The van der Waals surface area contributed by atoms with Gasteiger partial charge in [0.1, 0.15) is 11.6 Å². The Hall–Kier alpha value is -2.45. The summed E-state index contributed by atoms with van der Waals surface area (Å²) in [5.41, 5.74) is 5.94. The predicted molar refractivity (Wildman–Crippen MR) is 94.2 cm³/mol. The Kier molecular flexibility index (Phi) is 7.29. The van der Waals surface area contributed by atoms with Gasteiger partial charge in [0.05, 0.1) is 13.2 Å². The first-order valence-corrected chi connectivity index (χ1v) is 8.11. The highest BCUT2D eigenvalue weighted by Gasteiger charge is 2.27. The second kappa shape index (κ2) is 8.77. The van der Waals surface area contributed by atoms with Crippen LogP contribution in [0.4, 0.5) is 0 Å². The number of methoxy groups -OCH3 is 1. The van der Waals surface area contributed by atoms with Crippen LogP contribution in [0.3, 0.4) is 0 Å². The number of ether oxygens (including phenoxy) is 2. The zero-order valence-electron chi connectivity index (χ0n) is 15.6. The number of nitrogens with one attached hydrogen (secondary N) is 1. The van der Waals surface area contributed by atoms with Crippen molar-refractivity contribution in [1.82, 2.24) is 5.32 Å². The molecule has 1 aromatic carbocycles. The predicted octanol–water partition coefficient (Wildman–Crippen LogP) is 0.680. The van der Waals surface area contributed by atoms with E-state index in [0.29, 0.717) is 5.56 Å². The molecular formula is C18H26N2O6. The van der Waals surface area contributed by atoms with E-state index in [9.17, 15) is 19.5 Å². The summed E-state index contributed by atoms with van der Waals surface area (Å²) in [6.07, 6.45) is -1.12. The van der Waals surface area contributed by atoms with Crippen LogP contribution >= 0.6 is 0 Å². The molecule has 8 nitrogen and oxygen atoms in total. The summed E-state index contributed by atoms with van der Waals surface area (Å²) in [5, 5.41) is 12.0. The van der Waals surface area contributed by atoms with Gasteiger partial charge in [-0.25, -0.2) is 9.59 Å². The largest absolute Gasteiger partial charge is 0.467 e. The van der Waals surface area contributed by atoms with Gasteiger partial charge in [-0.3, -0.25) is 4.79 Å². The fraction of sp³-hybridized carbons (Fsp3) is 0.500. The minimum atomic E-state index is -1.18. The normalized spacial score (nSPS) is 14.7. The SMILES string of the molecule is COC(=O)C(NC(=O)c1ccc(C(N)C(=O)OC(C)(C)C)cc1)C(C)O. The molecule has 0 aliphatic carbocycles. The van der Waals surface area contributed by atoms with Crippen molar-refractivity contribution in [3.05, 3.63) is 35.4 Å². The average molecular weight is 366 g/mol. The van der Waals surface area contributed by atoms with E-state index in [1.54, 1.807) is 20.8 Å². The number of amides is 1. The highest BCUT2D eigenvalue weighted by atomic mass is 16.6. The molecule has 1 amide bonds. The van der Waals surface area contributed by atoms with Crippen molar-refractivity contribution < 1.29 is 29.0 Å². The van der Waals surface area contributed by atoms with E-state index < -0.39 is 41.6 Å². The Morgan fingerprint density at radius 2 is 1.65 bits per heavy atom. The van der Waals surface area contributed by atoms with Gasteiger partial charge < -0.3 is 25.6 Å². The van der Waals surface area contributed by atoms with E-state index in [-0.39, 0.29) is 5.56 Å². The lowest BCUT2D eigenvalue weighted by atomic mass is 10.0. The van der Waals surface area contributed by atoms with Gasteiger partial charge in [0.15, 0.2) is 6.04 Å². The number of hydrogen-bond acceptors (Lipinski definition) is 7.